The van der Waals surface area contributed by atoms with Crippen LogP contribution in [0.4, 0.5) is 0 Å². The van der Waals surface area contributed by atoms with E-state index in [-0.39, 0.29) is 12.5 Å². The van der Waals surface area contributed by atoms with Crippen LogP contribution in [0.15, 0.2) is 16.5 Å². The quantitative estimate of drug-likeness (QED) is 0.788. The van der Waals surface area contributed by atoms with Gasteiger partial charge in [-0.05, 0) is 12.1 Å². The van der Waals surface area contributed by atoms with Crippen molar-refractivity contribution in [3.8, 4) is 0 Å². The Hall–Kier alpha value is -1.42. The summed E-state index contributed by atoms with van der Waals surface area (Å²) in [5.41, 5.74) is 1.84. The van der Waals surface area contributed by atoms with Crippen molar-refractivity contribution >= 4 is 11.2 Å². The highest BCUT2D eigenvalue weighted by Crippen LogP contribution is 2.19. The number of fused-ring (bicyclic) bond motifs is 1. The molecule has 0 aromatic carbocycles. The van der Waals surface area contributed by atoms with E-state index in [1.807, 2.05) is 19.9 Å². The standard InChI is InChI=1S/C10H12N2O2/c1-6(2)9-12-8-4-3-7(5-13)11-10(8)14-9/h3-4,6,13H,5H2,1-2H3. The summed E-state index contributed by atoms with van der Waals surface area (Å²) in [5, 5.41) is 8.89. The van der Waals surface area contributed by atoms with Crippen molar-refractivity contribution in [1.29, 1.82) is 0 Å². The molecule has 2 rings (SSSR count). The van der Waals surface area contributed by atoms with Gasteiger partial charge in [0.15, 0.2) is 5.89 Å². The molecule has 0 saturated heterocycles. The van der Waals surface area contributed by atoms with Gasteiger partial charge in [-0.1, -0.05) is 13.8 Å². The van der Waals surface area contributed by atoms with Crippen LogP contribution in [0.2, 0.25) is 0 Å². The van der Waals surface area contributed by atoms with Gasteiger partial charge < -0.3 is 9.52 Å². The van der Waals surface area contributed by atoms with E-state index in [1.54, 1.807) is 6.07 Å². The number of oxazole rings is 1. The Balaban J connectivity index is 2.54. The fourth-order valence-corrected chi connectivity index (χ4v) is 1.21. The Morgan fingerprint density at radius 3 is 2.79 bits per heavy atom. The predicted octanol–water partition coefficient (Wildman–Crippen LogP) is 1.84. The normalized spacial score (nSPS) is 11.4. The average Bonchev–Trinajstić information content (AvgIpc) is 2.59. The summed E-state index contributed by atoms with van der Waals surface area (Å²) in [7, 11) is 0. The van der Waals surface area contributed by atoms with E-state index >= 15 is 0 Å². The molecule has 2 aromatic rings. The van der Waals surface area contributed by atoms with Gasteiger partial charge in [-0.3, -0.25) is 0 Å². The number of pyridine rings is 1. The van der Waals surface area contributed by atoms with Gasteiger partial charge >= 0.3 is 0 Å². The van der Waals surface area contributed by atoms with Gasteiger partial charge in [0.25, 0.3) is 0 Å². The molecule has 0 spiro atoms. The maximum atomic E-state index is 8.89. The van der Waals surface area contributed by atoms with E-state index in [4.69, 9.17) is 9.52 Å². The Morgan fingerprint density at radius 1 is 1.36 bits per heavy atom. The lowest BCUT2D eigenvalue weighted by Crippen LogP contribution is -1.87. The SMILES string of the molecule is CC(C)c1nc2ccc(CO)nc2o1. The Morgan fingerprint density at radius 2 is 2.14 bits per heavy atom. The first kappa shape index (κ1) is 9.15. The molecule has 0 bridgehead atoms. The van der Waals surface area contributed by atoms with Crippen LogP contribution < -0.4 is 0 Å². The molecule has 0 radical (unpaired) electrons. The Labute approximate surface area is 81.6 Å². The zero-order valence-corrected chi connectivity index (χ0v) is 8.19. The number of aliphatic hydroxyl groups excluding tert-OH is 1. The molecular formula is C10H12N2O2. The molecule has 0 amide bonds. The molecule has 1 N–H and O–H groups in total. The highest BCUT2D eigenvalue weighted by Gasteiger charge is 2.10. The molecule has 2 heterocycles. The second-order valence-corrected chi connectivity index (χ2v) is 3.49. The van der Waals surface area contributed by atoms with Crippen LogP contribution in [0.5, 0.6) is 0 Å². The Kier molecular flexibility index (Phi) is 2.21. The summed E-state index contributed by atoms with van der Waals surface area (Å²) < 4.78 is 5.44. The first-order valence-corrected chi connectivity index (χ1v) is 4.58. The van der Waals surface area contributed by atoms with Crippen LogP contribution in [-0.4, -0.2) is 15.1 Å². The monoisotopic (exact) mass is 192 g/mol. The maximum Gasteiger partial charge on any atom is 0.247 e. The molecule has 2 aromatic heterocycles. The Bertz CT molecular complexity index is 448. The zero-order valence-electron chi connectivity index (χ0n) is 8.19. The third kappa shape index (κ3) is 1.48. The smallest absolute Gasteiger partial charge is 0.247 e. The molecule has 0 saturated carbocycles. The lowest BCUT2D eigenvalue weighted by atomic mass is 10.2. The minimum atomic E-state index is -0.0757. The van der Waals surface area contributed by atoms with Crippen LogP contribution in [0.25, 0.3) is 11.2 Å². The van der Waals surface area contributed by atoms with Crippen LogP contribution in [0, 0.1) is 0 Å². The summed E-state index contributed by atoms with van der Waals surface area (Å²) >= 11 is 0. The van der Waals surface area contributed by atoms with Crippen molar-refractivity contribution in [3.63, 3.8) is 0 Å². The number of hydrogen-bond acceptors (Lipinski definition) is 4. The minimum absolute atomic E-state index is 0.0757. The van der Waals surface area contributed by atoms with E-state index in [0.29, 0.717) is 17.3 Å². The fourth-order valence-electron chi connectivity index (χ4n) is 1.21. The molecule has 14 heavy (non-hydrogen) atoms. The number of aromatic nitrogens is 2. The highest BCUT2D eigenvalue weighted by atomic mass is 16.4. The molecule has 0 aliphatic carbocycles. The highest BCUT2D eigenvalue weighted by molar-refractivity contribution is 5.68. The van der Waals surface area contributed by atoms with Gasteiger partial charge in [0.05, 0.1) is 12.3 Å². The third-order valence-corrected chi connectivity index (χ3v) is 1.99. The molecule has 0 unspecified atom stereocenters. The molecule has 0 fully saturated rings. The average molecular weight is 192 g/mol. The van der Waals surface area contributed by atoms with Crippen molar-refractivity contribution in [1.82, 2.24) is 9.97 Å². The van der Waals surface area contributed by atoms with E-state index in [9.17, 15) is 0 Å². The van der Waals surface area contributed by atoms with E-state index in [0.717, 1.165) is 5.52 Å². The first-order valence-electron chi connectivity index (χ1n) is 4.58. The van der Waals surface area contributed by atoms with Gasteiger partial charge in [-0.15, -0.1) is 0 Å². The largest absolute Gasteiger partial charge is 0.422 e. The van der Waals surface area contributed by atoms with Crippen molar-refractivity contribution in [2.24, 2.45) is 0 Å². The number of nitrogens with zero attached hydrogens (tertiary/aromatic N) is 2. The van der Waals surface area contributed by atoms with E-state index in [1.165, 1.54) is 0 Å². The van der Waals surface area contributed by atoms with Gasteiger partial charge in [0.1, 0.15) is 5.52 Å². The number of rotatable bonds is 2. The second-order valence-electron chi connectivity index (χ2n) is 3.49. The predicted molar refractivity (Wildman–Crippen MR) is 51.8 cm³/mol. The molecule has 0 atom stereocenters. The topological polar surface area (TPSA) is 59.2 Å². The van der Waals surface area contributed by atoms with Crippen LogP contribution in [0.1, 0.15) is 31.4 Å². The third-order valence-electron chi connectivity index (χ3n) is 1.99. The number of hydrogen-bond donors (Lipinski definition) is 1. The van der Waals surface area contributed by atoms with Crippen LogP contribution in [0.3, 0.4) is 0 Å². The lowest BCUT2D eigenvalue weighted by Gasteiger charge is -1.93. The number of aliphatic hydroxyl groups is 1. The molecule has 0 aliphatic heterocycles. The minimum Gasteiger partial charge on any atom is -0.422 e. The molecule has 4 heteroatoms. The van der Waals surface area contributed by atoms with Gasteiger partial charge in [0, 0.05) is 5.92 Å². The molecule has 4 nitrogen and oxygen atoms in total. The second kappa shape index (κ2) is 3.38. The van der Waals surface area contributed by atoms with Crippen molar-refractivity contribution in [3.05, 3.63) is 23.7 Å². The lowest BCUT2D eigenvalue weighted by molar-refractivity contribution is 0.277. The summed E-state index contributed by atoms with van der Waals surface area (Å²) in [6.45, 7) is 3.95. The van der Waals surface area contributed by atoms with E-state index in [2.05, 4.69) is 9.97 Å². The van der Waals surface area contributed by atoms with Crippen LogP contribution >= 0.6 is 0 Å². The summed E-state index contributed by atoms with van der Waals surface area (Å²) in [5.74, 6) is 0.935. The maximum absolute atomic E-state index is 8.89. The van der Waals surface area contributed by atoms with Crippen molar-refractivity contribution in [2.75, 3.05) is 0 Å². The van der Waals surface area contributed by atoms with Crippen molar-refractivity contribution in [2.45, 2.75) is 26.4 Å². The summed E-state index contributed by atoms with van der Waals surface area (Å²) in [6, 6.07) is 3.55. The molecule has 0 aliphatic rings. The molecule has 74 valence electrons. The van der Waals surface area contributed by atoms with Gasteiger partial charge in [-0.2, -0.15) is 0 Å². The summed E-state index contributed by atoms with van der Waals surface area (Å²) in [4.78, 5) is 8.39. The van der Waals surface area contributed by atoms with Crippen molar-refractivity contribution < 1.29 is 9.52 Å². The van der Waals surface area contributed by atoms with E-state index < -0.39 is 0 Å². The fraction of sp³-hybridized carbons (Fsp3) is 0.400. The zero-order chi connectivity index (χ0) is 10.1. The van der Waals surface area contributed by atoms with Gasteiger partial charge in [0.2, 0.25) is 5.71 Å². The molecular weight excluding hydrogens is 180 g/mol. The van der Waals surface area contributed by atoms with Gasteiger partial charge in [-0.25, -0.2) is 9.97 Å². The van der Waals surface area contributed by atoms with Crippen LogP contribution in [-0.2, 0) is 6.61 Å². The first-order chi connectivity index (χ1) is 6.70. The summed E-state index contributed by atoms with van der Waals surface area (Å²) in [6.07, 6.45) is 0.